The van der Waals surface area contributed by atoms with Crippen LogP contribution in [0, 0.1) is 12.7 Å². The molecule has 3 aromatic rings. The van der Waals surface area contributed by atoms with Gasteiger partial charge in [-0.05, 0) is 38.0 Å². The Morgan fingerprint density at radius 2 is 2.16 bits per heavy atom. The molecule has 1 aliphatic carbocycles. The number of hydrogen-bond acceptors (Lipinski definition) is 4. The van der Waals surface area contributed by atoms with Crippen molar-refractivity contribution < 1.29 is 19.0 Å². The molecule has 2 heterocycles. The summed E-state index contributed by atoms with van der Waals surface area (Å²) in [6.45, 7) is 1.80. The standard InChI is InChI=1S/C17H14FN3O4/c1-9-4-5-19-21(9)14-7-13-11(6-12(14)18)16(22)15(25-17(23)24)8-20(13)10-2-3-10/h4-8,10H,2-3H2,1H3,(H,23,24). The van der Waals surface area contributed by atoms with Crippen LogP contribution in [0.25, 0.3) is 16.6 Å². The molecule has 128 valence electrons. The molecular weight excluding hydrogens is 329 g/mol. The highest BCUT2D eigenvalue weighted by atomic mass is 19.1. The fourth-order valence-electron chi connectivity index (χ4n) is 2.94. The molecule has 0 spiro atoms. The molecule has 25 heavy (non-hydrogen) atoms. The Morgan fingerprint density at radius 3 is 2.76 bits per heavy atom. The van der Waals surface area contributed by atoms with Crippen LogP contribution in [0.15, 0.2) is 35.4 Å². The van der Waals surface area contributed by atoms with Gasteiger partial charge in [0, 0.05) is 17.9 Å². The lowest BCUT2D eigenvalue weighted by Gasteiger charge is -2.14. The van der Waals surface area contributed by atoms with Gasteiger partial charge >= 0.3 is 6.16 Å². The monoisotopic (exact) mass is 343 g/mol. The molecule has 1 saturated carbocycles. The van der Waals surface area contributed by atoms with E-state index < -0.39 is 17.4 Å². The zero-order valence-corrected chi connectivity index (χ0v) is 13.3. The summed E-state index contributed by atoms with van der Waals surface area (Å²) in [6.07, 6.45) is 3.17. The van der Waals surface area contributed by atoms with Crippen LogP contribution in [0.2, 0.25) is 0 Å². The van der Waals surface area contributed by atoms with Gasteiger partial charge in [0.15, 0.2) is 5.75 Å². The Kier molecular flexibility index (Phi) is 3.34. The van der Waals surface area contributed by atoms with Crippen molar-refractivity contribution in [1.82, 2.24) is 14.3 Å². The molecule has 0 aliphatic heterocycles. The van der Waals surface area contributed by atoms with Crippen LogP contribution in [-0.4, -0.2) is 25.6 Å². The highest BCUT2D eigenvalue weighted by Crippen LogP contribution is 2.38. The van der Waals surface area contributed by atoms with Gasteiger partial charge in [-0.3, -0.25) is 4.79 Å². The maximum atomic E-state index is 14.6. The summed E-state index contributed by atoms with van der Waals surface area (Å²) in [5.74, 6) is -0.944. The number of halogens is 1. The molecule has 0 saturated heterocycles. The number of fused-ring (bicyclic) bond motifs is 1. The van der Waals surface area contributed by atoms with Crippen LogP contribution in [-0.2, 0) is 0 Å². The Hall–Kier alpha value is -3.16. The van der Waals surface area contributed by atoms with E-state index in [0.29, 0.717) is 5.52 Å². The lowest BCUT2D eigenvalue weighted by atomic mass is 10.1. The first-order valence-electron chi connectivity index (χ1n) is 7.76. The minimum absolute atomic E-state index is 0.0803. The number of nitrogens with zero attached hydrogens (tertiary/aromatic N) is 3. The number of hydrogen-bond donors (Lipinski definition) is 1. The van der Waals surface area contributed by atoms with Crippen LogP contribution in [0.1, 0.15) is 24.6 Å². The molecule has 0 bridgehead atoms. The van der Waals surface area contributed by atoms with E-state index in [0.717, 1.165) is 24.6 Å². The third kappa shape index (κ3) is 2.55. The average Bonchev–Trinajstić information content (AvgIpc) is 3.31. The van der Waals surface area contributed by atoms with Gasteiger partial charge in [-0.2, -0.15) is 5.10 Å². The molecule has 1 aromatic carbocycles. The van der Waals surface area contributed by atoms with Crippen molar-refractivity contribution in [3.63, 3.8) is 0 Å². The lowest BCUT2D eigenvalue weighted by Crippen LogP contribution is -2.17. The normalized spacial score (nSPS) is 14.0. The number of pyridine rings is 1. The third-order valence-electron chi connectivity index (χ3n) is 4.27. The van der Waals surface area contributed by atoms with Crippen molar-refractivity contribution in [2.24, 2.45) is 0 Å². The van der Waals surface area contributed by atoms with E-state index in [9.17, 15) is 14.0 Å². The molecule has 8 heteroatoms. The average molecular weight is 343 g/mol. The summed E-state index contributed by atoms with van der Waals surface area (Å²) in [5, 5.41) is 13.0. The SMILES string of the molecule is Cc1ccnn1-c1cc2c(cc1F)c(=O)c(OC(=O)O)cn2C1CC1. The molecule has 7 nitrogen and oxygen atoms in total. The largest absolute Gasteiger partial charge is 0.511 e. The first kappa shape index (κ1) is 15.4. The zero-order valence-electron chi connectivity index (χ0n) is 13.3. The van der Waals surface area contributed by atoms with Crippen LogP contribution >= 0.6 is 0 Å². The quantitative estimate of drug-likeness (QED) is 0.739. The van der Waals surface area contributed by atoms with E-state index in [1.807, 2.05) is 0 Å². The Bertz CT molecular complexity index is 1070. The van der Waals surface area contributed by atoms with Gasteiger partial charge < -0.3 is 14.4 Å². The van der Waals surface area contributed by atoms with Crippen molar-refractivity contribution in [1.29, 1.82) is 0 Å². The third-order valence-corrected chi connectivity index (χ3v) is 4.27. The first-order chi connectivity index (χ1) is 12.0. The Balaban J connectivity index is 2.02. The summed E-state index contributed by atoms with van der Waals surface area (Å²) in [7, 11) is 0. The van der Waals surface area contributed by atoms with E-state index in [4.69, 9.17) is 5.11 Å². The number of carbonyl (C=O) groups is 1. The summed E-state index contributed by atoms with van der Waals surface area (Å²) in [5.41, 5.74) is 0.855. The van der Waals surface area contributed by atoms with E-state index in [2.05, 4.69) is 9.84 Å². The number of aromatic nitrogens is 3. The van der Waals surface area contributed by atoms with E-state index in [-0.39, 0.29) is 22.9 Å². The molecule has 1 aliphatic rings. The van der Waals surface area contributed by atoms with Gasteiger partial charge in [0.2, 0.25) is 5.43 Å². The molecule has 4 rings (SSSR count). The van der Waals surface area contributed by atoms with Gasteiger partial charge in [0.05, 0.1) is 17.1 Å². The molecule has 0 amide bonds. The minimum atomic E-state index is -1.58. The number of carboxylic acid groups (broad SMARTS) is 1. The molecule has 0 radical (unpaired) electrons. The van der Waals surface area contributed by atoms with Gasteiger partial charge in [0.25, 0.3) is 0 Å². The fraction of sp³-hybridized carbons (Fsp3) is 0.235. The second kappa shape index (κ2) is 5.44. The molecule has 1 N–H and O–H groups in total. The van der Waals surface area contributed by atoms with Crippen LogP contribution in [0.4, 0.5) is 9.18 Å². The predicted molar refractivity (Wildman–Crippen MR) is 86.9 cm³/mol. The second-order valence-electron chi connectivity index (χ2n) is 6.03. The summed E-state index contributed by atoms with van der Waals surface area (Å²) < 4.78 is 22.4. The topological polar surface area (TPSA) is 86.3 Å². The highest BCUT2D eigenvalue weighted by Gasteiger charge is 2.27. The van der Waals surface area contributed by atoms with Gasteiger partial charge in [0.1, 0.15) is 11.5 Å². The van der Waals surface area contributed by atoms with Crippen molar-refractivity contribution in [2.75, 3.05) is 0 Å². The molecule has 0 atom stereocenters. The lowest BCUT2D eigenvalue weighted by molar-refractivity contribution is 0.143. The number of rotatable bonds is 3. The summed E-state index contributed by atoms with van der Waals surface area (Å²) in [6, 6.07) is 4.56. The van der Waals surface area contributed by atoms with Gasteiger partial charge in [-0.15, -0.1) is 0 Å². The number of aryl methyl sites for hydroxylation is 1. The molecule has 2 aromatic heterocycles. The fourth-order valence-corrected chi connectivity index (χ4v) is 2.94. The van der Waals surface area contributed by atoms with Crippen molar-refractivity contribution >= 4 is 17.1 Å². The van der Waals surface area contributed by atoms with Crippen LogP contribution in [0.3, 0.4) is 0 Å². The Morgan fingerprint density at radius 1 is 1.40 bits per heavy atom. The zero-order chi connectivity index (χ0) is 17.7. The maximum absolute atomic E-state index is 14.6. The van der Waals surface area contributed by atoms with Crippen LogP contribution < -0.4 is 10.2 Å². The van der Waals surface area contributed by atoms with E-state index in [1.165, 1.54) is 10.9 Å². The molecular formula is C17H14FN3O4. The Labute approximate surface area is 140 Å². The second-order valence-corrected chi connectivity index (χ2v) is 6.03. The van der Waals surface area contributed by atoms with E-state index in [1.54, 1.807) is 29.8 Å². The summed E-state index contributed by atoms with van der Waals surface area (Å²) >= 11 is 0. The van der Waals surface area contributed by atoms with Crippen molar-refractivity contribution in [3.8, 4) is 11.4 Å². The number of benzene rings is 1. The molecule has 0 unspecified atom stereocenters. The minimum Gasteiger partial charge on any atom is -0.449 e. The van der Waals surface area contributed by atoms with Gasteiger partial charge in [-0.1, -0.05) is 0 Å². The van der Waals surface area contributed by atoms with E-state index >= 15 is 0 Å². The van der Waals surface area contributed by atoms with Crippen molar-refractivity contribution in [3.05, 3.63) is 52.3 Å². The smallest absolute Gasteiger partial charge is 0.449 e. The molecule has 1 fully saturated rings. The first-order valence-corrected chi connectivity index (χ1v) is 7.76. The van der Waals surface area contributed by atoms with Gasteiger partial charge in [-0.25, -0.2) is 13.9 Å². The van der Waals surface area contributed by atoms with Crippen LogP contribution in [0.5, 0.6) is 5.75 Å². The maximum Gasteiger partial charge on any atom is 0.511 e. The van der Waals surface area contributed by atoms with Crippen molar-refractivity contribution in [2.45, 2.75) is 25.8 Å². The summed E-state index contributed by atoms with van der Waals surface area (Å²) in [4.78, 5) is 23.3. The highest BCUT2D eigenvalue weighted by molar-refractivity contribution is 5.83. The number of ether oxygens (including phenoxy) is 1. The predicted octanol–water partition coefficient (Wildman–Crippen LogP) is 3.03.